The Hall–Kier alpha value is -0.0500. The van der Waals surface area contributed by atoms with E-state index in [1.807, 2.05) is 0 Å². The molecule has 0 saturated carbocycles. The Bertz CT molecular complexity index is 391. The second-order valence-corrected chi connectivity index (χ2v) is 5.53. The molecule has 0 radical (unpaired) electrons. The fourth-order valence-electron chi connectivity index (χ4n) is 2.19. The van der Waals surface area contributed by atoms with Crippen LogP contribution in [-0.4, -0.2) is 37.3 Å². The van der Waals surface area contributed by atoms with Gasteiger partial charge < -0.3 is 5.32 Å². The molecule has 19 heavy (non-hydrogen) atoms. The van der Waals surface area contributed by atoms with Crippen molar-refractivity contribution in [3.63, 3.8) is 0 Å². The number of nitrogens with one attached hydrogen (secondary N) is 1. The van der Waals surface area contributed by atoms with Crippen molar-refractivity contribution in [2.45, 2.75) is 12.2 Å². The Kier molecular flexibility index (Phi) is 6.35. The molecule has 0 aliphatic carbocycles. The first-order chi connectivity index (χ1) is 8.48. The minimum atomic E-state index is -4.23. The molecule has 1 aromatic rings. The summed E-state index contributed by atoms with van der Waals surface area (Å²) in [6.45, 7) is 2.07. The molecule has 1 aliphatic heterocycles. The molecule has 0 amide bonds. The number of halogens is 5. The first kappa shape index (κ1) is 17.0. The average molecular weight is 407 g/mol. The van der Waals surface area contributed by atoms with Gasteiger partial charge in [-0.3, -0.25) is 4.90 Å². The summed E-state index contributed by atoms with van der Waals surface area (Å²) >= 11 is 2.09. The van der Waals surface area contributed by atoms with Crippen molar-refractivity contribution in [1.29, 1.82) is 0 Å². The van der Waals surface area contributed by atoms with Gasteiger partial charge in [0.05, 0.1) is 0 Å². The van der Waals surface area contributed by atoms with Crippen molar-refractivity contribution in [3.8, 4) is 0 Å². The molecule has 0 bridgehead atoms. The van der Waals surface area contributed by atoms with Crippen LogP contribution in [0.4, 0.5) is 13.2 Å². The van der Waals surface area contributed by atoms with E-state index in [2.05, 4.69) is 27.9 Å². The van der Waals surface area contributed by atoms with Crippen molar-refractivity contribution in [2.24, 2.45) is 0 Å². The van der Waals surface area contributed by atoms with Gasteiger partial charge in [0.25, 0.3) is 0 Å². The molecule has 0 unspecified atom stereocenters. The van der Waals surface area contributed by atoms with E-state index in [0.29, 0.717) is 31.7 Å². The third-order valence-electron chi connectivity index (χ3n) is 3.01. The number of alkyl halides is 3. The zero-order valence-electron chi connectivity index (χ0n) is 10.1. The first-order valence-electron chi connectivity index (χ1n) is 5.75. The van der Waals surface area contributed by atoms with Gasteiger partial charge in [-0.1, -0.05) is 12.1 Å². The molecule has 7 heteroatoms. The lowest BCUT2D eigenvalue weighted by atomic mass is 10.0. The highest BCUT2D eigenvalue weighted by atomic mass is 127. The van der Waals surface area contributed by atoms with Crippen molar-refractivity contribution in [1.82, 2.24) is 10.2 Å². The standard InChI is InChI=1S/C12H14F3IN2.ClH/c13-12(14,15)11(18-7-5-17-6-8-18)9-1-3-10(16)4-2-9;/h1-4,11,17H,5-8H2;1H/t11-;/m0./s1. The second kappa shape index (κ2) is 7.10. The van der Waals surface area contributed by atoms with E-state index in [-0.39, 0.29) is 12.4 Å². The van der Waals surface area contributed by atoms with Crippen molar-refractivity contribution in [2.75, 3.05) is 26.2 Å². The maximum absolute atomic E-state index is 13.2. The van der Waals surface area contributed by atoms with Crippen LogP contribution in [0, 0.1) is 3.57 Å². The molecule has 1 aliphatic rings. The van der Waals surface area contributed by atoms with Crippen molar-refractivity contribution in [3.05, 3.63) is 33.4 Å². The summed E-state index contributed by atoms with van der Waals surface area (Å²) in [6.07, 6.45) is -4.23. The third-order valence-corrected chi connectivity index (χ3v) is 3.73. The highest BCUT2D eigenvalue weighted by Gasteiger charge is 2.44. The van der Waals surface area contributed by atoms with E-state index < -0.39 is 12.2 Å². The summed E-state index contributed by atoms with van der Waals surface area (Å²) < 4.78 is 40.6. The van der Waals surface area contributed by atoms with E-state index in [0.717, 1.165) is 3.57 Å². The molecule has 1 atom stereocenters. The maximum atomic E-state index is 13.2. The minimum absolute atomic E-state index is 0. The Morgan fingerprint density at radius 1 is 1.11 bits per heavy atom. The molecule has 1 N–H and O–H groups in total. The van der Waals surface area contributed by atoms with Crippen LogP contribution in [0.15, 0.2) is 24.3 Å². The number of hydrogen-bond donors (Lipinski definition) is 1. The van der Waals surface area contributed by atoms with Crippen LogP contribution in [0.1, 0.15) is 11.6 Å². The second-order valence-electron chi connectivity index (χ2n) is 4.28. The van der Waals surface area contributed by atoms with E-state index in [1.54, 1.807) is 24.3 Å². The van der Waals surface area contributed by atoms with Gasteiger partial charge in [0.1, 0.15) is 6.04 Å². The van der Waals surface area contributed by atoms with Gasteiger partial charge in [-0.2, -0.15) is 13.2 Å². The molecule has 108 valence electrons. The van der Waals surface area contributed by atoms with Crippen molar-refractivity contribution < 1.29 is 13.2 Å². The normalized spacial score (nSPS) is 18.7. The predicted octanol–water partition coefficient (Wildman–Crippen LogP) is 3.22. The van der Waals surface area contributed by atoms with Gasteiger partial charge in [-0.05, 0) is 40.3 Å². The molecule has 1 fully saturated rings. The van der Waals surface area contributed by atoms with Crippen LogP contribution >= 0.6 is 35.0 Å². The molecule has 0 spiro atoms. The zero-order valence-corrected chi connectivity index (χ0v) is 13.1. The lowest BCUT2D eigenvalue weighted by Gasteiger charge is -2.36. The summed E-state index contributed by atoms with van der Waals surface area (Å²) in [5, 5.41) is 3.07. The number of piperazine rings is 1. The maximum Gasteiger partial charge on any atom is 0.408 e. The molecule has 1 heterocycles. The van der Waals surface area contributed by atoms with E-state index >= 15 is 0 Å². The van der Waals surface area contributed by atoms with Crippen LogP contribution in [0.2, 0.25) is 0 Å². The fraction of sp³-hybridized carbons (Fsp3) is 0.500. The average Bonchev–Trinajstić information content (AvgIpc) is 2.32. The Morgan fingerprint density at radius 3 is 2.11 bits per heavy atom. The Balaban J connectivity index is 0.00000180. The molecule has 1 aromatic carbocycles. The van der Waals surface area contributed by atoms with Crippen LogP contribution in [0.3, 0.4) is 0 Å². The summed E-state index contributed by atoms with van der Waals surface area (Å²) in [5.41, 5.74) is 0.324. The molecule has 2 rings (SSSR count). The lowest BCUT2D eigenvalue weighted by molar-refractivity contribution is -0.187. The lowest BCUT2D eigenvalue weighted by Crippen LogP contribution is -2.49. The predicted molar refractivity (Wildman–Crippen MR) is 79.6 cm³/mol. The summed E-state index contributed by atoms with van der Waals surface area (Å²) in [4.78, 5) is 1.50. The van der Waals surface area contributed by atoms with Gasteiger partial charge in [-0.25, -0.2) is 0 Å². The zero-order chi connectivity index (χ0) is 13.2. The van der Waals surface area contributed by atoms with E-state index in [1.165, 1.54) is 4.90 Å². The minimum Gasteiger partial charge on any atom is -0.314 e. The molecular formula is C12H15ClF3IN2. The highest BCUT2D eigenvalue weighted by Crippen LogP contribution is 2.37. The number of benzene rings is 1. The first-order valence-corrected chi connectivity index (χ1v) is 6.83. The van der Waals surface area contributed by atoms with Crippen LogP contribution < -0.4 is 5.32 Å². The summed E-state index contributed by atoms with van der Waals surface area (Å²) in [6, 6.07) is 5.09. The monoisotopic (exact) mass is 406 g/mol. The quantitative estimate of drug-likeness (QED) is 0.759. The van der Waals surface area contributed by atoms with E-state index in [9.17, 15) is 13.2 Å². The van der Waals surface area contributed by atoms with Gasteiger partial charge >= 0.3 is 6.18 Å². The van der Waals surface area contributed by atoms with Gasteiger partial charge in [0.2, 0.25) is 0 Å². The van der Waals surface area contributed by atoms with Crippen molar-refractivity contribution >= 4 is 35.0 Å². The van der Waals surface area contributed by atoms with Gasteiger partial charge in [0, 0.05) is 29.7 Å². The third kappa shape index (κ3) is 4.47. The summed E-state index contributed by atoms with van der Waals surface area (Å²) in [5.74, 6) is 0. The SMILES string of the molecule is Cl.FC(F)(F)[C@H](c1ccc(I)cc1)N1CCNCC1. The highest BCUT2D eigenvalue weighted by molar-refractivity contribution is 14.1. The molecule has 1 saturated heterocycles. The number of rotatable bonds is 2. The molecular weight excluding hydrogens is 391 g/mol. The topological polar surface area (TPSA) is 15.3 Å². The molecule has 2 nitrogen and oxygen atoms in total. The largest absolute Gasteiger partial charge is 0.408 e. The Morgan fingerprint density at radius 2 is 1.63 bits per heavy atom. The van der Waals surface area contributed by atoms with Crippen LogP contribution in [0.5, 0.6) is 0 Å². The fourth-order valence-corrected chi connectivity index (χ4v) is 2.55. The number of hydrogen-bond acceptors (Lipinski definition) is 2. The van der Waals surface area contributed by atoms with Crippen LogP contribution in [-0.2, 0) is 0 Å². The number of nitrogens with zero attached hydrogens (tertiary/aromatic N) is 1. The summed E-state index contributed by atoms with van der Waals surface area (Å²) in [7, 11) is 0. The van der Waals surface area contributed by atoms with Gasteiger partial charge in [0.15, 0.2) is 0 Å². The smallest absolute Gasteiger partial charge is 0.314 e. The van der Waals surface area contributed by atoms with Gasteiger partial charge in [-0.15, -0.1) is 12.4 Å². The Labute approximate surface area is 130 Å². The van der Waals surface area contributed by atoms with E-state index in [4.69, 9.17) is 0 Å². The molecule has 0 aromatic heterocycles. The van der Waals surface area contributed by atoms with Crippen LogP contribution in [0.25, 0.3) is 0 Å².